The highest BCUT2D eigenvalue weighted by molar-refractivity contribution is 5.90. The number of phenolic OH excluding ortho intramolecular Hbond substituents is 2. The van der Waals surface area contributed by atoms with Crippen molar-refractivity contribution < 1.29 is 39.9 Å². The van der Waals surface area contributed by atoms with E-state index in [0.717, 1.165) is 69.0 Å². The molecule has 79 heavy (non-hydrogen) atoms. The molecule has 0 saturated heterocycles. The normalized spacial score (nSPS) is 11.0. The number of rotatable bonds is 47. The van der Waals surface area contributed by atoms with Crippen LogP contribution in [0.2, 0.25) is 0 Å². The van der Waals surface area contributed by atoms with Gasteiger partial charge in [0.2, 0.25) is 0 Å². The van der Waals surface area contributed by atoms with E-state index < -0.39 is 17.9 Å². The highest BCUT2D eigenvalue weighted by atomic mass is 16.4. The molecule has 2 rings (SSSR count). The van der Waals surface area contributed by atoms with Gasteiger partial charge in [0, 0.05) is 19.3 Å². The van der Waals surface area contributed by atoms with Gasteiger partial charge in [-0.15, -0.1) is 0 Å². The first-order chi connectivity index (χ1) is 38.4. The van der Waals surface area contributed by atoms with E-state index in [0.29, 0.717) is 19.3 Å². The van der Waals surface area contributed by atoms with Crippen LogP contribution in [-0.4, -0.2) is 50.0 Å². The molecule has 0 aliphatic carbocycles. The molecular weight excluding hydrogens is 983 g/mol. The van der Waals surface area contributed by atoms with E-state index >= 15 is 0 Å². The van der Waals surface area contributed by atoms with Gasteiger partial charge in [0.15, 0.2) is 0 Å². The SMILES string of the molecule is CCC(=C(CC)c1ccc(O)cc1)c1ccc(O)cc1.CCCCCCCCC=CCCCCCCCC(=O)O.CCCCCCCCCCCCCCCC(=O)O.CCCCCCCCCCCCCCCC(=O)O.CCN. The highest BCUT2D eigenvalue weighted by Crippen LogP contribution is 2.32. The summed E-state index contributed by atoms with van der Waals surface area (Å²) in [6.45, 7) is 13.7. The van der Waals surface area contributed by atoms with E-state index in [9.17, 15) is 24.6 Å². The Kier molecular flexibility index (Phi) is 64.8. The zero-order chi connectivity index (χ0) is 59.1. The number of unbranched alkanes of at least 4 members (excludes halogenated alkanes) is 35. The fraction of sp³-hybridized carbons (Fsp3) is 0.729. The Hall–Kier alpha value is -4.11. The monoisotopic (exact) mass is 1110 g/mol. The molecule has 0 saturated carbocycles. The summed E-state index contributed by atoms with van der Waals surface area (Å²) in [6.07, 6.45) is 57.6. The van der Waals surface area contributed by atoms with Crippen molar-refractivity contribution in [3.05, 3.63) is 71.8 Å². The Morgan fingerprint density at radius 2 is 0.519 bits per heavy atom. The van der Waals surface area contributed by atoms with Crippen molar-refractivity contribution >= 4 is 29.1 Å². The maximum Gasteiger partial charge on any atom is 0.303 e. The molecule has 0 aromatic heterocycles. The summed E-state index contributed by atoms with van der Waals surface area (Å²) in [7, 11) is 0. The highest BCUT2D eigenvalue weighted by Gasteiger charge is 2.09. The maximum atomic E-state index is 10.3. The molecule has 9 nitrogen and oxygen atoms in total. The van der Waals surface area contributed by atoms with E-state index in [1.165, 1.54) is 223 Å². The molecule has 0 unspecified atom stereocenters. The smallest absolute Gasteiger partial charge is 0.303 e. The van der Waals surface area contributed by atoms with Gasteiger partial charge in [-0.25, -0.2) is 0 Å². The van der Waals surface area contributed by atoms with Gasteiger partial charge in [0.05, 0.1) is 0 Å². The number of aliphatic carboxylic acids is 3. The lowest BCUT2D eigenvalue weighted by Gasteiger charge is -2.14. The van der Waals surface area contributed by atoms with Gasteiger partial charge in [-0.1, -0.05) is 283 Å². The lowest BCUT2D eigenvalue weighted by Crippen LogP contribution is -1.93. The van der Waals surface area contributed by atoms with Crippen molar-refractivity contribution in [2.45, 2.75) is 324 Å². The Balaban J connectivity index is -0.000000959. The number of carboxylic acids is 3. The summed E-state index contributed by atoms with van der Waals surface area (Å²) >= 11 is 0. The molecule has 0 amide bonds. The number of carbonyl (C=O) groups is 3. The maximum absolute atomic E-state index is 10.3. The van der Waals surface area contributed by atoms with E-state index in [2.05, 4.69) is 46.8 Å². The zero-order valence-electron chi connectivity index (χ0n) is 52.1. The van der Waals surface area contributed by atoms with Gasteiger partial charge >= 0.3 is 17.9 Å². The number of hydrogen-bond acceptors (Lipinski definition) is 6. The zero-order valence-corrected chi connectivity index (χ0v) is 52.1. The quantitative estimate of drug-likeness (QED) is 0.0214. The second-order valence-electron chi connectivity index (χ2n) is 21.7. The topological polar surface area (TPSA) is 178 Å². The molecule has 458 valence electrons. The first-order valence-electron chi connectivity index (χ1n) is 32.7. The van der Waals surface area contributed by atoms with E-state index in [-0.39, 0.29) is 11.5 Å². The predicted octanol–water partition coefficient (Wildman–Crippen LogP) is 22.0. The van der Waals surface area contributed by atoms with Crippen LogP contribution >= 0.6 is 0 Å². The van der Waals surface area contributed by atoms with Crippen LogP contribution < -0.4 is 5.73 Å². The number of hydrogen-bond donors (Lipinski definition) is 6. The summed E-state index contributed by atoms with van der Waals surface area (Å²) in [4.78, 5) is 30.9. The van der Waals surface area contributed by atoms with Crippen molar-refractivity contribution in [1.29, 1.82) is 0 Å². The van der Waals surface area contributed by atoms with Gasteiger partial charge in [-0.3, -0.25) is 14.4 Å². The molecule has 0 aliphatic heterocycles. The lowest BCUT2D eigenvalue weighted by atomic mass is 9.91. The van der Waals surface area contributed by atoms with E-state index in [4.69, 9.17) is 21.1 Å². The first kappa shape index (κ1) is 79.1. The second kappa shape index (κ2) is 64.7. The van der Waals surface area contributed by atoms with Gasteiger partial charge in [-0.05, 0) is 111 Å². The van der Waals surface area contributed by atoms with Gasteiger partial charge in [0.25, 0.3) is 0 Å². The minimum atomic E-state index is -0.664. The van der Waals surface area contributed by atoms with Crippen molar-refractivity contribution in [3.63, 3.8) is 0 Å². The van der Waals surface area contributed by atoms with Crippen molar-refractivity contribution in [1.82, 2.24) is 0 Å². The molecule has 9 heteroatoms. The fourth-order valence-electron chi connectivity index (χ4n) is 9.44. The molecule has 7 N–H and O–H groups in total. The van der Waals surface area contributed by atoms with Crippen molar-refractivity contribution in [2.24, 2.45) is 5.73 Å². The third-order valence-electron chi connectivity index (χ3n) is 14.1. The summed E-state index contributed by atoms with van der Waals surface area (Å²) in [6, 6.07) is 14.7. The summed E-state index contributed by atoms with van der Waals surface area (Å²) in [5.74, 6) is -1.41. The summed E-state index contributed by atoms with van der Waals surface area (Å²) in [5.41, 5.74) is 9.67. The number of allylic oxidation sites excluding steroid dienone is 4. The third kappa shape index (κ3) is 61.4. The van der Waals surface area contributed by atoms with Crippen molar-refractivity contribution in [3.8, 4) is 11.5 Å². The minimum absolute atomic E-state index is 0.284. The minimum Gasteiger partial charge on any atom is -0.508 e. The van der Waals surface area contributed by atoms with Crippen LogP contribution in [-0.2, 0) is 14.4 Å². The van der Waals surface area contributed by atoms with Crippen LogP contribution in [0.3, 0.4) is 0 Å². The first-order valence-corrected chi connectivity index (χ1v) is 32.7. The summed E-state index contributed by atoms with van der Waals surface area (Å²) < 4.78 is 0. The van der Waals surface area contributed by atoms with Crippen molar-refractivity contribution in [2.75, 3.05) is 6.54 Å². The number of benzene rings is 2. The van der Waals surface area contributed by atoms with Gasteiger partial charge < -0.3 is 31.3 Å². The number of phenols is 2. The van der Waals surface area contributed by atoms with Gasteiger partial charge in [0.1, 0.15) is 11.5 Å². The average Bonchev–Trinajstić information content (AvgIpc) is 3.44. The van der Waals surface area contributed by atoms with Crippen LogP contribution in [0.1, 0.15) is 335 Å². The molecule has 2 aromatic rings. The van der Waals surface area contributed by atoms with Crippen LogP contribution in [0.4, 0.5) is 0 Å². The lowest BCUT2D eigenvalue weighted by molar-refractivity contribution is -0.138. The molecule has 0 aliphatic rings. The fourth-order valence-corrected chi connectivity index (χ4v) is 9.44. The predicted molar refractivity (Wildman–Crippen MR) is 341 cm³/mol. The Labute approximate surface area is 486 Å². The molecule has 2 aromatic carbocycles. The van der Waals surface area contributed by atoms with Crippen LogP contribution in [0.5, 0.6) is 11.5 Å². The molecule has 0 spiro atoms. The van der Waals surface area contributed by atoms with Crippen LogP contribution in [0.15, 0.2) is 60.7 Å². The molecule has 0 atom stereocenters. The molecule has 0 radical (unpaired) electrons. The average molecular weight is 1110 g/mol. The third-order valence-corrected chi connectivity index (χ3v) is 14.1. The van der Waals surface area contributed by atoms with E-state index in [1.54, 1.807) is 24.3 Å². The van der Waals surface area contributed by atoms with E-state index in [1.807, 2.05) is 31.2 Å². The largest absolute Gasteiger partial charge is 0.508 e. The molecule has 0 bridgehead atoms. The van der Waals surface area contributed by atoms with Crippen LogP contribution in [0.25, 0.3) is 11.1 Å². The number of nitrogens with two attached hydrogens (primary N) is 1. The Morgan fingerprint density at radius 1 is 0.329 bits per heavy atom. The molecule has 0 fully saturated rings. The van der Waals surface area contributed by atoms with Gasteiger partial charge in [-0.2, -0.15) is 0 Å². The standard InChI is InChI=1S/C18H20O2.C18H34O2.2C16H32O2.C2H7N/c1-3-17(13-5-9-15(19)10-6-13)18(4-2)14-7-11-16(20)12-8-14;1-2-3-4-5-6-7-8-9-10-11-12-13-14-15-16-17-18(19)20;2*1-2-3-4-5-6-7-8-9-10-11-12-13-14-15-16(17)18;1-2-3/h5-12,19-20H,3-4H2,1-2H3;9-10H,2-8,11-17H2,1H3,(H,19,20);2*2-15H2,1H3,(H,17,18);2-3H2,1H3. The Morgan fingerprint density at radius 3 is 0.709 bits per heavy atom. The summed E-state index contributed by atoms with van der Waals surface area (Å²) in [5, 5.41) is 44.3. The number of carboxylic acid groups (broad SMARTS) is 3. The Bertz CT molecular complexity index is 1560. The number of aromatic hydroxyl groups is 2. The second-order valence-corrected chi connectivity index (χ2v) is 21.7. The van der Waals surface area contributed by atoms with Crippen LogP contribution in [0, 0.1) is 0 Å². The molecule has 0 heterocycles. The molecular formula is C70H125NO8.